The maximum Gasteiger partial charge on any atom is 0.0337 e. The summed E-state index contributed by atoms with van der Waals surface area (Å²) in [6, 6.07) is 0. The second-order valence-electron chi connectivity index (χ2n) is 4.67. The summed E-state index contributed by atoms with van der Waals surface area (Å²) in [7, 11) is 0. The Bertz CT molecular complexity index is 238. The summed E-state index contributed by atoms with van der Waals surface area (Å²) in [6.45, 7) is 14.5. The molecule has 0 heterocycles. The maximum atomic E-state index is 3.84. The average molecular weight is 193 g/mol. The van der Waals surface area contributed by atoms with Crippen LogP contribution in [0.2, 0.25) is 0 Å². The van der Waals surface area contributed by atoms with Gasteiger partial charge in [0.15, 0.2) is 0 Å². The minimum atomic E-state index is 0.226. The zero-order chi connectivity index (χ0) is 11.2. The third-order valence-electron chi connectivity index (χ3n) is 1.54. The second-order valence-corrected chi connectivity index (χ2v) is 4.67. The van der Waals surface area contributed by atoms with Crippen LogP contribution in [0.15, 0.2) is 36.2 Å². The molecular weight excluding hydrogens is 170 g/mol. The fourth-order valence-electron chi connectivity index (χ4n) is 0.967. The van der Waals surface area contributed by atoms with E-state index in [0.29, 0.717) is 0 Å². The third-order valence-corrected chi connectivity index (χ3v) is 1.54. The van der Waals surface area contributed by atoms with Crippen molar-refractivity contribution in [1.82, 2.24) is 5.32 Å². The first-order valence-electron chi connectivity index (χ1n) is 5.17. The molecule has 0 rings (SSSR count). The van der Waals surface area contributed by atoms with E-state index in [0.717, 1.165) is 17.8 Å². The molecule has 0 atom stereocenters. The van der Waals surface area contributed by atoms with Crippen molar-refractivity contribution in [2.24, 2.45) is 5.41 Å². The van der Waals surface area contributed by atoms with E-state index in [9.17, 15) is 0 Å². The lowest BCUT2D eigenvalue weighted by Gasteiger charge is -2.13. The highest BCUT2D eigenvalue weighted by Crippen LogP contribution is 2.15. The molecule has 80 valence electrons. The van der Waals surface area contributed by atoms with Crippen LogP contribution < -0.4 is 5.32 Å². The van der Waals surface area contributed by atoms with Gasteiger partial charge in [-0.25, -0.2) is 0 Å². The Morgan fingerprint density at radius 2 is 1.93 bits per heavy atom. The van der Waals surface area contributed by atoms with Crippen molar-refractivity contribution in [3.8, 4) is 0 Å². The van der Waals surface area contributed by atoms with Crippen molar-refractivity contribution in [1.29, 1.82) is 0 Å². The molecule has 0 aromatic carbocycles. The number of allylic oxidation sites excluding steroid dienone is 4. The smallest absolute Gasteiger partial charge is 0.0337 e. The molecule has 0 fully saturated rings. The highest BCUT2D eigenvalue weighted by molar-refractivity contribution is 5.21. The van der Waals surface area contributed by atoms with Crippen LogP contribution in [-0.4, -0.2) is 0 Å². The van der Waals surface area contributed by atoms with Gasteiger partial charge in [-0.1, -0.05) is 46.4 Å². The Morgan fingerprint density at radius 3 is 2.29 bits per heavy atom. The molecule has 0 unspecified atom stereocenters. The van der Waals surface area contributed by atoms with Crippen molar-refractivity contribution in [2.45, 2.75) is 41.0 Å². The number of hydrogen-bond acceptors (Lipinski definition) is 1. The van der Waals surface area contributed by atoms with E-state index in [1.165, 1.54) is 0 Å². The highest BCUT2D eigenvalue weighted by atomic mass is 14.9. The van der Waals surface area contributed by atoms with Crippen LogP contribution >= 0.6 is 0 Å². The Hall–Kier alpha value is -0.980. The predicted octanol–water partition coefficient (Wildman–Crippen LogP) is 4.01. The molecule has 0 aromatic heterocycles. The normalized spacial score (nSPS) is 13.4. The first-order chi connectivity index (χ1) is 6.35. The molecule has 0 aliphatic rings. The summed E-state index contributed by atoms with van der Waals surface area (Å²) >= 11 is 0. The van der Waals surface area contributed by atoms with Crippen LogP contribution in [0, 0.1) is 5.41 Å². The zero-order valence-electron chi connectivity index (χ0n) is 10.1. The van der Waals surface area contributed by atoms with Gasteiger partial charge < -0.3 is 5.32 Å². The van der Waals surface area contributed by atoms with Crippen molar-refractivity contribution >= 4 is 0 Å². The van der Waals surface area contributed by atoms with Crippen LogP contribution in [0.3, 0.4) is 0 Å². The molecule has 0 aliphatic heterocycles. The highest BCUT2D eigenvalue weighted by Gasteiger charge is 2.03. The molecule has 0 bridgehead atoms. The van der Waals surface area contributed by atoms with E-state index in [1.54, 1.807) is 0 Å². The molecule has 0 aliphatic carbocycles. The fraction of sp³-hybridized carbons (Fsp3) is 0.538. The Morgan fingerprint density at radius 1 is 1.36 bits per heavy atom. The molecule has 0 aromatic rings. The third kappa shape index (κ3) is 7.66. The minimum Gasteiger partial charge on any atom is -0.360 e. The van der Waals surface area contributed by atoms with E-state index < -0.39 is 0 Å². The average Bonchev–Trinajstić information content (AvgIpc) is 1.98. The first kappa shape index (κ1) is 13.0. The Balaban J connectivity index is 4.46. The lowest BCUT2D eigenvalue weighted by Crippen LogP contribution is -2.09. The second kappa shape index (κ2) is 5.69. The molecule has 1 heteroatoms. The molecule has 0 saturated heterocycles. The molecular formula is C13H23N. The molecule has 0 spiro atoms. The molecule has 0 amide bonds. The maximum absolute atomic E-state index is 3.84. The minimum absolute atomic E-state index is 0.226. The molecule has 0 saturated carbocycles. The lowest BCUT2D eigenvalue weighted by molar-refractivity contribution is 0.543. The van der Waals surface area contributed by atoms with Gasteiger partial charge in [-0.2, -0.15) is 0 Å². The monoisotopic (exact) mass is 193 g/mol. The SMILES string of the molecule is C=C(C)NC(/C=C\C(C)(C)C)=C/CC. The van der Waals surface area contributed by atoms with E-state index in [-0.39, 0.29) is 5.41 Å². The summed E-state index contributed by atoms with van der Waals surface area (Å²) < 4.78 is 0. The Labute approximate surface area is 88.6 Å². The largest absolute Gasteiger partial charge is 0.360 e. The quantitative estimate of drug-likeness (QED) is 0.665. The Kier molecular flexibility index (Phi) is 5.29. The summed E-state index contributed by atoms with van der Waals surface area (Å²) in [4.78, 5) is 0. The number of hydrogen-bond donors (Lipinski definition) is 1. The van der Waals surface area contributed by atoms with Crippen LogP contribution in [0.4, 0.5) is 0 Å². The molecule has 14 heavy (non-hydrogen) atoms. The van der Waals surface area contributed by atoms with Gasteiger partial charge in [0.2, 0.25) is 0 Å². The molecule has 0 radical (unpaired) electrons. The zero-order valence-corrected chi connectivity index (χ0v) is 10.1. The summed E-state index contributed by atoms with van der Waals surface area (Å²) in [5.41, 5.74) is 2.34. The number of rotatable bonds is 4. The van der Waals surface area contributed by atoms with Crippen LogP contribution in [0.5, 0.6) is 0 Å². The van der Waals surface area contributed by atoms with Gasteiger partial charge in [0.25, 0.3) is 0 Å². The van der Waals surface area contributed by atoms with Gasteiger partial charge in [-0.3, -0.25) is 0 Å². The summed E-state index contributed by atoms with van der Waals surface area (Å²) in [5.74, 6) is 0. The van der Waals surface area contributed by atoms with Gasteiger partial charge in [-0.05, 0) is 24.8 Å². The van der Waals surface area contributed by atoms with Crippen molar-refractivity contribution < 1.29 is 0 Å². The first-order valence-corrected chi connectivity index (χ1v) is 5.17. The van der Waals surface area contributed by atoms with Crippen molar-refractivity contribution in [3.05, 3.63) is 36.2 Å². The standard InChI is InChI=1S/C13H23N/c1-7-8-12(14-11(2)3)9-10-13(4,5)6/h8-10,14H,2,7H2,1,3-6H3/b10-9-,12-8+. The van der Waals surface area contributed by atoms with E-state index in [2.05, 4.69) is 57.8 Å². The molecule has 1 N–H and O–H groups in total. The predicted molar refractivity (Wildman–Crippen MR) is 64.9 cm³/mol. The lowest BCUT2D eigenvalue weighted by atomic mass is 9.96. The van der Waals surface area contributed by atoms with E-state index in [1.807, 2.05) is 6.92 Å². The molecule has 1 nitrogen and oxygen atoms in total. The van der Waals surface area contributed by atoms with Gasteiger partial charge in [0, 0.05) is 11.4 Å². The fourth-order valence-corrected chi connectivity index (χ4v) is 0.967. The van der Waals surface area contributed by atoms with Gasteiger partial charge in [0.1, 0.15) is 0 Å². The van der Waals surface area contributed by atoms with Gasteiger partial charge in [-0.15, -0.1) is 0 Å². The van der Waals surface area contributed by atoms with Crippen LogP contribution in [0.1, 0.15) is 41.0 Å². The van der Waals surface area contributed by atoms with Crippen molar-refractivity contribution in [2.75, 3.05) is 0 Å². The van der Waals surface area contributed by atoms with E-state index in [4.69, 9.17) is 0 Å². The van der Waals surface area contributed by atoms with Crippen LogP contribution in [-0.2, 0) is 0 Å². The summed E-state index contributed by atoms with van der Waals surface area (Å²) in [5, 5.41) is 3.23. The topological polar surface area (TPSA) is 12.0 Å². The van der Waals surface area contributed by atoms with Crippen molar-refractivity contribution in [3.63, 3.8) is 0 Å². The van der Waals surface area contributed by atoms with Crippen LogP contribution in [0.25, 0.3) is 0 Å². The van der Waals surface area contributed by atoms with Gasteiger partial charge >= 0.3 is 0 Å². The van der Waals surface area contributed by atoms with Gasteiger partial charge in [0.05, 0.1) is 0 Å². The van der Waals surface area contributed by atoms with E-state index >= 15 is 0 Å². The number of nitrogens with one attached hydrogen (secondary N) is 1. The summed E-state index contributed by atoms with van der Waals surface area (Å²) in [6.07, 6.45) is 7.52.